The minimum atomic E-state index is -0.757. The summed E-state index contributed by atoms with van der Waals surface area (Å²) in [6.45, 7) is 5.98. The van der Waals surface area contributed by atoms with Crippen molar-refractivity contribution in [2.24, 2.45) is 0 Å². The standard InChI is InChI=1S/C24H32N2O4S/c1-4-5-6-7-8-9-14-31-23-25-15-19(16-26-23)18-10-12-20(13-11-18)29-22(27)21-17-28-24(2,3)30-21/h10-13,15-16,21H,4-9,14,17H2,1-3H3/t21-/m1/s1. The zero-order valence-electron chi connectivity index (χ0n) is 18.6. The molecule has 0 N–H and O–H groups in total. The number of carbonyl (C=O) groups is 1. The van der Waals surface area contributed by atoms with Crippen molar-refractivity contribution in [1.82, 2.24) is 9.97 Å². The van der Waals surface area contributed by atoms with Crippen molar-refractivity contribution < 1.29 is 19.0 Å². The highest BCUT2D eigenvalue weighted by Crippen LogP contribution is 2.26. The van der Waals surface area contributed by atoms with Crippen molar-refractivity contribution in [3.8, 4) is 16.9 Å². The molecule has 0 unspecified atom stereocenters. The number of aromatic nitrogens is 2. The quantitative estimate of drug-likeness (QED) is 0.146. The number of benzene rings is 1. The molecule has 0 radical (unpaired) electrons. The predicted molar refractivity (Wildman–Crippen MR) is 122 cm³/mol. The van der Waals surface area contributed by atoms with E-state index < -0.39 is 17.9 Å². The van der Waals surface area contributed by atoms with Crippen molar-refractivity contribution in [2.45, 2.75) is 76.3 Å². The van der Waals surface area contributed by atoms with E-state index in [9.17, 15) is 4.79 Å². The van der Waals surface area contributed by atoms with Gasteiger partial charge in [0.25, 0.3) is 0 Å². The molecule has 1 aromatic carbocycles. The number of nitrogens with zero attached hydrogens (tertiary/aromatic N) is 2. The fraction of sp³-hybridized carbons (Fsp3) is 0.542. The molecule has 1 fully saturated rings. The summed E-state index contributed by atoms with van der Waals surface area (Å²) < 4.78 is 16.3. The van der Waals surface area contributed by atoms with Gasteiger partial charge in [-0.3, -0.25) is 0 Å². The Hall–Kier alpha value is -1.96. The molecule has 1 saturated heterocycles. The third kappa shape index (κ3) is 7.59. The van der Waals surface area contributed by atoms with E-state index in [1.54, 1.807) is 37.7 Å². The average Bonchev–Trinajstić information content (AvgIpc) is 3.14. The smallest absolute Gasteiger partial charge is 0.343 e. The monoisotopic (exact) mass is 444 g/mol. The summed E-state index contributed by atoms with van der Waals surface area (Å²) in [5, 5.41) is 0.810. The van der Waals surface area contributed by atoms with Crippen LogP contribution in [0, 0.1) is 0 Å². The Morgan fingerprint density at radius 2 is 1.74 bits per heavy atom. The highest BCUT2D eigenvalue weighted by molar-refractivity contribution is 7.99. The van der Waals surface area contributed by atoms with Gasteiger partial charge in [-0.2, -0.15) is 0 Å². The number of thioether (sulfide) groups is 1. The number of ether oxygens (including phenoxy) is 3. The van der Waals surface area contributed by atoms with Gasteiger partial charge in [-0.15, -0.1) is 0 Å². The Morgan fingerprint density at radius 3 is 2.39 bits per heavy atom. The predicted octanol–water partition coefficient (Wildman–Crippen LogP) is 5.65. The molecule has 3 rings (SSSR count). The summed E-state index contributed by atoms with van der Waals surface area (Å²) in [7, 11) is 0. The summed E-state index contributed by atoms with van der Waals surface area (Å²) in [6.07, 6.45) is 10.7. The Kier molecular flexibility index (Phi) is 8.87. The van der Waals surface area contributed by atoms with Crippen molar-refractivity contribution in [3.63, 3.8) is 0 Å². The lowest BCUT2D eigenvalue weighted by molar-refractivity contribution is -0.162. The maximum atomic E-state index is 12.2. The molecule has 0 aliphatic carbocycles. The van der Waals surface area contributed by atoms with Gasteiger partial charge in [0.1, 0.15) is 5.75 Å². The molecule has 0 spiro atoms. The topological polar surface area (TPSA) is 70.5 Å². The van der Waals surface area contributed by atoms with E-state index in [1.807, 2.05) is 24.5 Å². The van der Waals surface area contributed by atoms with Gasteiger partial charge in [0.05, 0.1) is 6.61 Å². The average molecular weight is 445 g/mol. The maximum Gasteiger partial charge on any atom is 0.343 e. The second-order valence-electron chi connectivity index (χ2n) is 8.13. The van der Waals surface area contributed by atoms with Crippen molar-refractivity contribution >= 4 is 17.7 Å². The van der Waals surface area contributed by atoms with E-state index in [-0.39, 0.29) is 6.61 Å². The van der Waals surface area contributed by atoms with Gasteiger partial charge in [0, 0.05) is 23.7 Å². The lowest BCUT2D eigenvalue weighted by atomic mass is 10.1. The van der Waals surface area contributed by atoms with Crippen molar-refractivity contribution in [2.75, 3.05) is 12.4 Å². The first-order valence-corrected chi connectivity index (χ1v) is 12.0. The van der Waals surface area contributed by atoms with Gasteiger partial charge >= 0.3 is 5.97 Å². The van der Waals surface area contributed by atoms with Crippen LogP contribution in [0.5, 0.6) is 5.75 Å². The highest BCUT2D eigenvalue weighted by atomic mass is 32.2. The van der Waals surface area contributed by atoms with Crippen LogP contribution in [0.3, 0.4) is 0 Å². The second kappa shape index (κ2) is 11.6. The van der Waals surface area contributed by atoms with Crippen LogP contribution in [0.15, 0.2) is 41.8 Å². The van der Waals surface area contributed by atoms with Gasteiger partial charge in [-0.1, -0.05) is 62.9 Å². The number of hydrogen-bond donors (Lipinski definition) is 0. The number of esters is 1. The molecule has 7 heteroatoms. The summed E-state index contributed by atoms with van der Waals surface area (Å²) in [5.41, 5.74) is 1.89. The lowest BCUT2D eigenvalue weighted by Crippen LogP contribution is -2.30. The Balaban J connectivity index is 1.44. The highest BCUT2D eigenvalue weighted by Gasteiger charge is 2.38. The van der Waals surface area contributed by atoms with Crippen LogP contribution in [-0.2, 0) is 14.3 Å². The first kappa shape index (κ1) is 23.7. The summed E-state index contributed by atoms with van der Waals surface area (Å²) >= 11 is 1.71. The van der Waals surface area contributed by atoms with Gasteiger partial charge in [-0.05, 0) is 38.0 Å². The number of hydrogen-bond acceptors (Lipinski definition) is 7. The fourth-order valence-corrected chi connectivity index (χ4v) is 4.07. The van der Waals surface area contributed by atoms with Gasteiger partial charge in [0.2, 0.25) is 0 Å². The number of rotatable bonds is 11. The Morgan fingerprint density at radius 1 is 1.06 bits per heavy atom. The molecule has 1 aliphatic rings. The molecule has 2 heterocycles. The van der Waals surface area contributed by atoms with E-state index in [4.69, 9.17) is 14.2 Å². The molecule has 0 saturated carbocycles. The molecule has 2 aromatic rings. The SMILES string of the molecule is CCCCCCCCSc1ncc(-c2ccc(OC(=O)[C@H]3COC(C)(C)O3)cc2)cn1. The van der Waals surface area contributed by atoms with Crippen LogP contribution in [0.2, 0.25) is 0 Å². The normalized spacial score (nSPS) is 17.6. The fourth-order valence-electron chi connectivity index (χ4n) is 3.29. The minimum absolute atomic E-state index is 0.199. The zero-order valence-corrected chi connectivity index (χ0v) is 19.5. The lowest BCUT2D eigenvalue weighted by Gasteiger charge is -2.16. The first-order chi connectivity index (χ1) is 15.0. The molecule has 6 nitrogen and oxygen atoms in total. The molecule has 0 bridgehead atoms. The van der Waals surface area contributed by atoms with Crippen LogP contribution in [0.1, 0.15) is 59.3 Å². The van der Waals surface area contributed by atoms with Crippen LogP contribution in [0.4, 0.5) is 0 Å². The molecule has 31 heavy (non-hydrogen) atoms. The van der Waals surface area contributed by atoms with Gasteiger partial charge in [-0.25, -0.2) is 14.8 Å². The summed E-state index contributed by atoms with van der Waals surface area (Å²) in [4.78, 5) is 21.2. The summed E-state index contributed by atoms with van der Waals surface area (Å²) in [6, 6.07) is 7.30. The van der Waals surface area contributed by atoms with Gasteiger partial charge < -0.3 is 14.2 Å². The molecular formula is C24H32N2O4S. The molecule has 168 valence electrons. The first-order valence-electron chi connectivity index (χ1n) is 11.1. The van der Waals surface area contributed by atoms with Crippen LogP contribution in [-0.4, -0.2) is 40.2 Å². The van der Waals surface area contributed by atoms with Crippen LogP contribution >= 0.6 is 11.8 Å². The molecule has 1 aromatic heterocycles. The van der Waals surface area contributed by atoms with E-state index in [1.165, 1.54) is 38.5 Å². The molecule has 1 aliphatic heterocycles. The zero-order chi connectivity index (χ0) is 22.1. The summed E-state index contributed by atoms with van der Waals surface area (Å²) in [5.74, 6) is 0.313. The van der Waals surface area contributed by atoms with Gasteiger partial charge in [0.15, 0.2) is 17.0 Å². The minimum Gasteiger partial charge on any atom is -0.425 e. The van der Waals surface area contributed by atoms with Crippen molar-refractivity contribution in [3.05, 3.63) is 36.7 Å². The number of unbranched alkanes of at least 4 members (excludes halogenated alkanes) is 5. The third-order valence-corrected chi connectivity index (χ3v) is 6.00. The third-order valence-electron chi connectivity index (χ3n) is 5.03. The van der Waals surface area contributed by atoms with E-state index in [0.717, 1.165) is 22.0 Å². The number of carbonyl (C=O) groups excluding carboxylic acids is 1. The van der Waals surface area contributed by atoms with Crippen LogP contribution in [0.25, 0.3) is 11.1 Å². The largest absolute Gasteiger partial charge is 0.425 e. The molecule has 1 atom stereocenters. The van der Waals surface area contributed by atoms with E-state index in [0.29, 0.717) is 5.75 Å². The Labute approximate surface area is 189 Å². The molecule has 0 amide bonds. The van der Waals surface area contributed by atoms with Crippen molar-refractivity contribution in [1.29, 1.82) is 0 Å². The van der Waals surface area contributed by atoms with Crippen LogP contribution < -0.4 is 4.74 Å². The second-order valence-corrected chi connectivity index (χ2v) is 9.20. The molecular weight excluding hydrogens is 412 g/mol. The Bertz CT molecular complexity index is 824. The maximum absolute atomic E-state index is 12.2. The van der Waals surface area contributed by atoms with E-state index >= 15 is 0 Å². The van der Waals surface area contributed by atoms with E-state index in [2.05, 4.69) is 16.9 Å².